The zero-order valence-electron chi connectivity index (χ0n) is 13.9. The van der Waals surface area contributed by atoms with E-state index in [1.807, 2.05) is 12.3 Å². The summed E-state index contributed by atoms with van der Waals surface area (Å²) in [4.78, 5) is 13.9. The van der Waals surface area contributed by atoms with E-state index >= 15 is 0 Å². The van der Waals surface area contributed by atoms with Gasteiger partial charge in [-0.25, -0.2) is 4.68 Å². The number of nitrogens with zero attached hydrogens (tertiary/aromatic N) is 5. The first-order valence-electron chi connectivity index (χ1n) is 8.96. The maximum absolute atomic E-state index is 5.43. The molecule has 1 aliphatic carbocycles. The predicted molar refractivity (Wildman–Crippen MR) is 90.1 cm³/mol. The standard InChI is InChI=1S/C17H24N6O/c1-2-5-13(6-3-1)11-15-20-16(19-14-7-10-24-12-14)22-17(21-15)23-9-4-8-18-23/h4,8-9,13-14H,1-3,5-7,10-12H2,(H,19,20,21,22). The number of ether oxygens (including phenoxy) is 1. The van der Waals surface area contributed by atoms with Crippen LogP contribution in [0.5, 0.6) is 0 Å². The van der Waals surface area contributed by atoms with Gasteiger partial charge >= 0.3 is 0 Å². The first kappa shape index (κ1) is 15.5. The highest BCUT2D eigenvalue weighted by Gasteiger charge is 2.20. The first-order chi connectivity index (χ1) is 11.9. The zero-order valence-corrected chi connectivity index (χ0v) is 13.9. The Labute approximate surface area is 141 Å². The smallest absolute Gasteiger partial charge is 0.255 e. The number of rotatable bonds is 5. The molecule has 1 N–H and O–H groups in total. The van der Waals surface area contributed by atoms with Gasteiger partial charge in [-0.15, -0.1) is 0 Å². The SMILES string of the molecule is c1cnn(-c2nc(CC3CCCCC3)nc(NC3CCOC3)n2)c1. The average molecular weight is 328 g/mol. The van der Waals surface area contributed by atoms with Gasteiger partial charge in [-0.1, -0.05) is 32.1 Å². The molecule has 2 aromatic heterocycles. The van der Waals surface area contributed by atoms with Crippen LogP contribution >= 0.6 is 0 Å². The van der Waals surface area contributed by atoms with Gasteiger partial charge in [0.05, 0.1) is 12.6 Å². The Morgan fingerprint density at radius 3 is 2.79 bits per heavy atom. The lowest BCUT2D eigenvalue weighted by molar-refractivity contribution is 0.195. The van der Waals surface area contributed by atoms with E-state index in [-0.39, 0.29) is 6.04 Å². The van der Waals surface area contributed by atoms with Gasteiger partial charge in [-0.05, 0) is 18.4 Å². The highest BCUT2D eigenvalue weighted by molar-refractivity contribution is 5.30. The van der Waals surface area contributed by atoms with Crippen molar-refractivity contribution >= 4 is 5.95 Å². The first-order valence-corrected chi connectivity index (χ1v) is 8.96. The van der Waals surface area contributed by atoms with Gasteiger partial charge in [0.25, 0.3) is 5.95 Å². The highest BCUT2D eigenvalue weighted by Crippen LogP contribution is 2.26. The summed E-state index contributed by atoms with van der Waals surface area (Å²) < 4.78 is 7.13. The van der Waals surface area contributed by atoms with E-state index in [1.54, 1.807) is 10.9 Å². The minimum atomic E-state index is 0.278. The molecule has 128 valence electrons. The quantitative estimate of drug-likeness (QED) is 0.908. The van der Waals surface area contributed by atoms with Crippen molar-refractivity contribution < 1.29 is 4.74 Å². The van der Waals surface area contributed by atoms with Crippen molar-refractivity contribution in [3.63, 3.8) is 0 Å². The molecule has 2 aliphatic rings. The van der Waals surface area contributed by atoms with Crippen LogP contribution in [-0.4, -0.2) is 44.0 Å². The van der Waals surface area contributed by atoms with Crippen molar-refractivity contribution in [1.82, 2.24) is 24.7 Å². The van der Waals surface area contributed by atoms with E-state index in [0.29, 0.717) is 24.4 Å². The largest absolute Gasteiger partial charge is 0.379 e. The molecule has 4 rings (SSSR count). The van der Waals surface area contributed by atoms with Crippen molar-refractivity contribution in [3.05, 3.63) is 24.3 Å². The van der Waals surface area contributed by atoms with E-state index in [9.17, 15) is 0 Å². The van der Waals surface area contributed by atoms with E-state index in [1.165, 1.54) is 32.1 Å². The second-order valence-corrected chi connectivity index (χ2v) is 6.74. The number of anilines is 1. The van der Waals surface area contributed by atoms with Gasteiger partial charge in [0.2, 0.25) is 5.95 Å². The van der Waals surface area contributed by atoms with Gasteiger partial charge in [-0.2, -0.15) is 20.1 Å². The van der Waals surface area contributed by atoms with Gasteiger partial charge in [0, 0.05) is 25.4 Å². The average Bonchev–Trinajstić information content (AvgIpc) is 3.29. The fourth-order valence-electron chi connectivity index (χ4n) is 3.53. The molecule has 0 bridgehead atoms. The van der Waals surface area contributed by atoms with E-state index in [4.69, 9.17) is 4.74 Å². The second-order valence-electron chi connectivity index (χ2n) is 6.74. The molecule has 0 spiro atoms. The zero-order chi connectivity index (χ0) is 16.2. The van der Waals surface area contributed by atoms with Gasteiger partial charge in [-0.3, -0.25) is 0 Å². The van der Waals surface area contributed by atoms with Gasteiger partial charge in [0.1, 0.15) is 5.82 Å². The van der Waals surface area contributed by atoms with Gasteiger partial charge in [0.15, 0.2) is 0 Å². The molecule has 1 saturated heterocycles. The third-order valence-electron chi connectivity index (χ3n) is 4.84. The summed E-state index contributed by atoms with van der Waals surface area (Å²) in [7, 11) is 0. The number of aromatic nitrogens is 5. The molecule has 7 nitrogen and oxygen atoms in total. The van der Waals surface area contributed by atoms with Crippen molar-refractivity contribution in [1.29, 1.82) is 0 Å². The molecule has 2 aromatic rings. The van der Waals surface area contributed by atoms with Crippen LogP contribution < -0.4 is 5.32 Å². The highest BCUT2D eigenvalue weighted by atomic mass is 16.5. The Morgan fingerprint density at radius 1 is 1.12 bits per heavy atom. The molecular weight excluding hydrogens is 304 g/mol. The lowest BCUT2D eigenvalue weighted by Gasteiger charge is -2.21. The number of hydrogen-bond donors (Lipinski definition) is 1. The summed E-state index contributed by atoms with van der Waals surface area (Å²) >= 11 is 0. The van der Waals surface area contributed by atoms with E-state index < -0.39 is 0 Å². The molecule has 24 heavy (non-hydrogen) atoms. The molecule has 0 aromatic carbocycles. The molecule has 0 amide bonds. The minimum Gasteiger partial charge on any atom is -0.379 e. The molecule has 1 saturated carbocycles. The van der Waals surface area contributed by atoms with Crippen LogP contribution in [0.25, 0.3) is 5.95 Å². The molecule has 0 radical (unpaired) electrons. The lowest BCUT2D eigenvalue weighted by atomic mass is 9.87. The summed E-state index contributed by atoms with van der Waals surface area (Å²) in [5, 5.41) is 7.65. The Balaban J connectivity index is 1.57. The summed E-state index contributed by atoms with van der Waals surface area (Å²) in [6.45, 7) is 1.50. The molecule has 1 atom stereocenters. The summed E-state index contributed by atoms with van der Waals surface area (Å²) in [6, 6.07) is 2.16. The Hall–Kier alpha value is -2.02. The molecule has 1 unspecified atom stereocenters. The molecule has 3 heterocycles. The third-order valence-corrected chi connectivity index (χ3v) is 4.84. The minimum absolute atomic E-state index is 0.278. The maximum Gasteiger partial charge on any atom is 0.255 e. The number of hydrogen-bond acceptors (Lipinski definition) is 6. The topological polar surface area (TPSA) is 77.8 Å². The number of nitrogens with one attached hydrogen (secondary N) is 1. The van der Waals surface area contributed by atoms with Crippen LogP contribution in [-0.2, 0) is 11.2 Å². The second kappa shape index (κ2) is 7.25. The third kappa shape index (κ3) is 3.72. The Bertz CT molecular complexity index is 647. The van der Waals surface area contributed by atoms with Crippen molar-refractivity contribution in [2.75, 3.05) is 18.5 Å². The van der Waals surface area contributed by atoms with Crippen LogP contribution in [0.4, 0.5) is 5.95 Å². The van der Waals surface area contributed by atoms with E-state index in [2.05, 4.69) is 25.4 Å². The summed E-state index contributed by atoms with van der Waals surface area (Å²) in [5.74, 6) is 2.78. The maximum atomic E-state index is 5.43. The van der Waals surface area contributed by atoms with E-state index in [0.717, 1.165) is 25.3 Å². The summed E-state index contributed by atoms with van der Waals surface area (Å²) in [6.07, 6.45) is 12.1. The van der Waals surface area contributed by atoms with Crippen molar-refractivity contribution in [2.24, 2.45) is 5.92 Å². The fourth-order valence-corrected chi connectivity index (χ4v) is 3.53. The lowest BCUT2D eigenvalue weighted by Crippen LogP contribution is -2.23. The van der Waals surface area contributed by atoms with Crippen LogP contribution in [0.1, 0.15) is 44.3 Å². The predicted octanol–water partition coefficient (Wildman–Crippen LogP) is 2.38. The van der Waals surface area contributed by atoms with Gasteiger partial charge < -0.3 is 10.1 Å². The molecule has 7 heteroatoms. The van der Waals surface area contributed by atoms with Crippen LogP contribution in [0.15, 0.2) is 18.5 Å². The monoisotopic (exact) mass is 328 g/mol. The van der Waals surface area contributed by atoms with Crippen LogP contribution in [0.2, 0.25) is 0 Å². The molecular formula is C17H24N6O. The molecule has 1 aliphatic heterocycles. The van der Waals surface area contributed by atoms with Crippen LogP contribution in [0.3, 0.4) is 0 Å². The Kier molecular flexibility index (Phi) is 4.69. The van der Waals surface area contributed by atoms with Crippen molar-refractivity contribution in [2.45, 2.75) is 51.0 Å². The molecule has 2 fully saturated rings. The fraction of sp³-hybridized carbons (Fsp3) is 0.647. The van der Waals surface area contributed by atoms with Crippen LogP contribution in [0, 0.1) is 5.92 Å². The Morgan fingerprint density at radius 2 is 2.04 bits per heavy atom. The van der Waals surface area contributed by atoms with Crippen molar-refractivity contribution in [3.8, 4) is 5.95 Å². The normalized spacial score (nSPS) is 21.9. The summed E-state index contributed by atoms with van der Waals surface area (Å²) in [5.41, 5.74) is 0.